The van der Waals surface area contributed by atoms with Crippen molar-refractivity contribution in [2.75, 3.05) is 7.11 Å². The fourth-order valence-electron chi connectivity index (χ4n) is 9.12. The molecule has 0 aromatic rings. The molecule has 4 rings (SSSR count). The number of methoxy groups -OCH3 is 1. The summed E-state index contributed by atoms with van der Waals surface area (Å²) in [5.41, 5.74) is -7.42. The first-order valence-corrected chi connectivity index (χ1v) is 13.8. The number of ketones is 2. The summed E-state index contributed by atoms with van der Waals surface area (Å²) in [4.78, 5) is 79.6. The van der Waals surface area contributed by atoms with Crippen molar-refractivity contribution in [2.45, 2.75) is 92.1 Å². The summed E-state index contributed by atoms with van der Waals surface area (Å²) in [7, 11) is 1.08. The third-order valence-corrected chi connectivity index (χ3v) is 11.0. The van der Waals surface area contributed by atoms with Crippen molar-refractivity contribution in [2.24, 2.45) is 39.4 Å². The van der Waals surface area contributed by atoms with Crippen LogP contribution in [-0.2, 0) is 47.7 Å². The van der Waals surface area contributed by atoms with Gasteiger partial charge >= 0.3 is 23.9 Å². The van der Waals surface area contributed by atoms with Gasteiger partial charge < -0.3 is 24.1 Å². The van der Waals surface area contributed by atoms with Gasteiger partial charge in [0, 0.05) is 42.4 Å². The number of rotatable bonds is 3. The summed E-state index contributed by atoms with van der Waals surface area (Å²) in [6.07, 6.45) is -3.93. The Hall–Kier alpha value is -3.08. The van der Waals surface area contributed by atoms with E-state index in [0.717, 1.165) is 7.11 Å². The Bertz CT molecular complexity index is 1270. The van der Waals surface area contributed by atoms with Crippen LogP contribution in [0.1, 0.15) is 68.2 Å². The summed E-state index contributed by atoms with van der Waals surface area (Å²) in [5.74, 6) is -7.34. The van der Waals surface area contributed by atoms with Crippen LogP contribution in [0.4, 0.5) is 0 Å². The highest BCUT2D eigenvalue weighted by atomic mass is 16.6. The van der Waals surface area contributed by atoms with E-state index < -0.39 is 93.0 Å². The predicted molar refractivity (Wildman–Crippen MR) is 141 cm³/mol. The van der Waals surface area contributed by atoms with E-state index in [1.54, 1.807) is 27.7 Å². The van der Waals surface area contributed by atoms with Crippen molar-refractivity contribution in [3.63, 3.8) is 0 Å². The third kappa shape index (κ3) is 3.73. The van der Waals surface area contributed by atoms with Gasteiger partial charge in [-0.05, 0) is 26.2 Å². The Morgan fingerprint density at radius 2 is 1.49 bits per heavy atom. The van der Waals surface area contributed by atoms with Crippen molar-refractivity contribution < 1.29 is 52.8 Å². The van der Waals surface area contributed by atoms with E-state index in [1.807, 2.05) is 0 Å². The minimum Gasteiger partial charge on any atom is -0.466 e. The van der Waals surface area contributed by atoms with Gasteiger partial charge in [-0.25, -0.2) is 4.79 Å². The lowest BCUT2D eigenvalue weighted by molar-refractivity contribution is -0.295. The maximum absolute atomic E-state index is 14.2. The zero-order valence-electron chi connectivity index (χ0n) is 25.1. The molecule has 10 atom stereocenters. The normalized spacial score (nSPS) is 44.9. The lowest BCUT2D eigenvalue weighted by Crippen LogP contribution is -2.79. The van der Waals surface area contributed by atoms with Gasteiger partial charge in [0.1, 0.15) is 18.0 Å². The summed E-state index contributed by atoms with van der Waals surface area (Å²) in [5, 5.41) is 11.6. The summed E-state index contributed by atoms with van der Waals surface area (Å²) in [6.45, 7) is 16.1. The van der Waals surface area contributed by atoms with Crippen LogP contribution in [0.25, 0.3) is 0 Å². The molecule has 41 heavy (non-hydrogen) atoms. The number of aliphatic hydroxyl groups is 1. The number of cyclic esters (lactones) is 1. The lowest BCUT2D eigenvalue weighted by atomic mass is 9.33. The van der Waals surface area contributed by atoms with E-state index in [0.29, 0.717) is 5.57 Å². The topological polar surface area (TPSA) is 160 Å². The molecule has 3 aliphatic carbocycles. The van der Waals surface area contributed by atoms with Crippen LogP contribution in [0.15, 0.2) is 12.2 Å². The molecular weight excluding hydrogens is 536 g/mol. The molecule has 11 heteroatoms. The fourth-order valence-corrected chi connectivity index (χ4v) is 9.12. The first kappa shape index (κ1) is 30.9. The Morgan fingerprint density at radius 3 is 2.00 bits per heavy atom. The number of esters is 4. The number of hydrogen-bond acceptors (Lipinski definition) is 11. The molecule has 0 unspecified atom stereocenters. The van der Waals surface area contributed by atoms with Gasteiger partial charge in [-0.2, -0.15) is 0 Å². The predicted octanol–water partition coefficient (Wildman–Crippen LogP) is 2.11. The summed E-state index contributed by atoms with van der Waals surface area (Å²) in [6, 6.07) is 0. The minimum absolute atomic E-state index is 0.0820. The average molecular weight is 577 g/mol. The fraction of sp³-hybridized carbons (Fsp3) is 0.733. The van der Waals surface area contributed by atoms with E-state index >= 15 is 0 Å². The number of carbonyl (C=O) groups excluding carboxylic acids is 6. The number of allylic oxidation sites excluding steroid dienone is 1. The Morgan fingerprint density at radius 1 is 0.927 bits per heavy atom. The molecule has 3 saturated carbocycles. The molecule has 1 N–H and O–H groups in total. The maximum atomic E-state index is 14.2. The van der Waals surface area contributed by atoms with E-state index in [1.165, 1.54) is 27.7 Å². The zero-order chi connectivity index (χ0) is 31.2. The molecule has 1 aliphatic heterocycles. The number of aliphatic hydroxyl groups excluding tert-OH is 1. The van der Waals surface area contributed by atoms with Crippen LogP contribution in [0.3, 0.4) is 0 Å². The molecule has 1 heterocycles. The van der Waals surface area contributed by atoms with E-state index in [-0.39, 0.29) is 18.6 Å². The molecule has 0 amide bonds. The number of Topliss-reactive ketones (excluding diaryl/α,β-unsaturated/α-hetero) is 2. The lowest BCUT2D eigenvalue weighted by Gasteiger charge is -2.71. The van der Waals surface area contributed by atoms with Crippen LogP contribution in [0.2, 0.25) is 0 Å². The highest BCUT2D eigenvalue weighted by molar-refractivity contribution is 6.15. The van der Waals surface area contributed by atoms with E-state index in [9.17, 15) is 33.9 Å². The third-order valence-electron chi connectivity index (χ3n) is 11.0. The van der Waals surface area contributed by atoms with Gasteiger partial charge in [0.2, 0.25) is 0 Å². The second-order valence-corrected chi connectivity index (χ2v) is 13.4. The highest BCUT2D eigenvalue weighted by Gasteiger charge is 2.80. The van der Waals surface area contributed by atoms with E-state index in [2.05, 4.69) is 6.58 Å². The summed E-state index contributed by atoms with van der Waals surface area (Å²) >= 11 is 0. The molecule has 226 valence electrons. The maximum Gasteiger partial charge on any atom is 0.358 e. The molecule has 0 spiro atoms. The van der Waals surface area contributed by atoms with Gasteiger partial charge in [0.25, 0.3) is 5.60 Å². The number of carbonyl (C=O) groups is 6. The van der Waals surface area contributed by atoms with Crippen molar-refractivity contribution in [1.82, 2.24) is 0 Å². The SMILES string of the molecule is C=C1C[C@H]2[C@@]3(C)[C@@H](O)CC(=O)C(C)(C)[C@@H]3[C@H](OC(C)=O)[C@@H](OC(C)=O)[C@@]2(C)[C@H]2C(=O)O[C@@](C)(C(=O)OC)C(=O)[C@]12C. The van der Waals surface area contributed by atoms with Gasteiger partial charge in [-0.3, -0.25) is 24.0 Å². The van der Waals surface area contributed by atoms with Gasteiger partial charge in [-0.15, -0.1) is 0 Å². The zero-order valence-corrected chi connectivity index (χ0v) is 25.1. The van der Waals surface area contributed by atoms with Crippen molar-refractivity contribution in [1.29, 1.82) is 0 Å². The Balaban J connectivity index is 2.07. The van der Waals surface area contributed by atoms with Gasteiger partial charge in [0.05, 0.1) is 24.5 Å². The number of fused-ring (bicyclic) bond motifs is 5. The minimum atomic E-state index is -2.25. The molecule has 4 aliphatic rings. The Labute approximate surface area is 239 Å². The Kier molecular flexibility index (Phi) is 6.93. The smallest absolute Gasteiger partial charge is 0.358 e. The second-order valence-electron chi connectivity index (χ2n) is 13.4. The van der Waals surface area contributed by atoms with Crippen LogP contribution in [-0.4, -0.2) is 71.6 Å². The number of hydrogen-bond donors (Lipinski definition) is 1. The van der Waals surface area contributed by atoms with Crippen molar-refractivity contribution in [3.05, 3.63) is 12.2 Å². The standard InChI is InChI=1S/C30H40O11/c1-13-11-16-28(7)18(34)12-17(33)26(4,5)20(28)19(39-14(2)31)22(40-15(3)32)29(16,8)21-23(35)41-30(9,25(37)38-10)24(36)27(13,21)6/h16,18-22,34H,1,11-12H2,2-10H3/t16-,18-,19-,20-,21-,22+,27+,28-,29+,30+/m0/s1. The van der Waals surface area contributed by atoms with Crippen LogP contribution in [0, 0.1) is 39.4 Å². The van der Waals surface area contributed by atoms with E-state index in [4.69, 9.17) is 18.9 Å². The quantitative estimate of drug-likeness (QED) is 0.227. The molecular formula is C30H40O11. The van der Waals surface area contributed by atoms with Crippen LogP contribution >= 0.6 is 0 Å². The first-order chi connectivity index (χ1) is 18.7. The average Bonchev–Trinajstić information content (AvgIpc) is 2.84. The molecule has 0 radical (unpaired) electrons. The first-order valence-electron chi connectivity index (χ1n) is 13.8. The van der Waals surface area contributed by atoms with Crippen molar-refractivity contribution in [3.8, 4) is 0 Å². The molecule has 0 aromatic heterocycles. The monoisotopic (exact) mass is 576 g/mol. The van der Waals surface area contributed by atoms with Gasteiger partial charge in [0.15, 0.2) is 5.78 Å². The molecule has 0 aromatic carbocycles. The van der Waals surface area contributed by atoms with Crippen LogP contribution in [0.5, 0.6) is 0 Å². The van der Waals surface area contributed by atoms with Crippen molar-refractivity contribution >= 4 is 35.4 Å². The highest BCUT2D eigenvalue weighted by Crippen LogP contribution is 2.73. The second kappa shape index (κ2) is 9.21. The number of ether oxygens (including phenoxy) is 4. The molecule has 1 saturated heterocycles. The van der Waals surface area contributed by atoms with Crippen LogP contribution < -0.4 is 0 Å². The summed E-state index contributed by atoms with van der Waals surface area (Å²) < 4.78 is 22.2. The largest absolute Gasteiger partial charge is 0.466 e. The molecule has 4 fully saturated rings. The van der Waals surface area contributed by atoms with Gasteiger partial charge in [-0.1, -0.05) is 39.8 Å². The molecule has 11 nitrogen and oxygen atoms in total. The molecule has 0 bridgehead atoms.